The summed E-state index contributed by atoms with van der Waals surface area (Å²) in [4.78, 5) is 32.1. The molecule has 1 atom stereocenters. The van der Waals surface area contributed by atoms with Gasteiger partial charge in [0.15, 0.2) is 5.82 Å². The fraction of sp³-hybridized carbons (Fsp3) is 0.387. The minimum Gasteiger partial charge on any atom is -0.497 e. The summed E-state index contributed by atoms with van der Waals surface area (Å²) in [6, 6.07) is 14.1. The third-order valence-electron chi connectivity index (χ3n) is 8.08. The van der Waals surface area contributed by atoms with Gasteiger partial charge in [0.1, 0.15) is 23.6 Å². The first-order chi connectivity index (χ1) is 21.1. The molecular formula is C31H37N7O5. The van der Waals surface area contributed by atoms with Gasteiger partial charge in [-0.25, -0.2) is 15.0 Å². The summed E-state index contributed by atoms with van der Waals surface area (Å²) in [5.41, 5.74) is 3.26. The molecule has 226 valence electrons. The van der Waals surface area contributed by atoms with Crippen LogP contribution in [0.4, 0.5) is 28.7 Å². The molecule has 2 N–H and O–H groups in total. The lowest BCUT2D eigenvalue weighted by Gasteiger charge is -2.43. The Kier molecular flexibility index (Phi) is 8.59. The van der Waals surface area contributed by atoms with E-state index in [0.717, 1.165) is 62.8 Å². The Bertz CT molecular complexity index is 1460. The third-order valence-corrected chi connectivity index (χ3v) is 8.08. The van der Waals surface area contributed by atoms with Crippen molar-refractivity contribution in [2.75, 3.05) is 80.8 Å². The highest BCUT2D eigenvalue weighted by molar-refractivity contribution is 6.02. The maximum atomic E-state index is 12.4. The smallest absolute Gasteiger partial charge is 0.247 e. The lowest BCUT2D eigenvalue weighted by molar-refractivity contribution is -0.111. The highest BCUT2D eigenvalue weighted by Gasteiger charge is 2.31. The van der Waals surface area contributed by atoms with Crippen LogP contribution in [-0.4, -0.2) is 87.0 Å². The molecule has 1 aromatic heterocycles. The van der Waals surface area contributed by atoms with Gasteiger partial charge >= 0.3 is 0 Å². The van der Waals surface area contributed by atoms with Crippen LogP contribution in [0.15, 0.2) is 61.4 Å². The number of ether oxygens (including phenoxy) is 3. The molecule has 12 heteroatoms. The van der Waals surface area contributed by atoms with Crippen molar-refractivity contribution in [2.45, 2.75) is 18.5 Å². The van der Waals surface area contributed by atoms with Crippen LogP contribution < -0.4 is 30.1 Å². The number of carbonyl (C=O) groups is 1. The van der Waals surface area contributed by atoms with E-state index in [1.807, 2.05) is 41.5 Å². The molecule has 1 unspecified atom stereocenters. The molecule has 12 nitrogen and oxygen atoms in total. The molecule has 3 aliphatic rings. The van der Waals surface area contributed by atoms with E-state index in [2.05, 4.69) is 43.0 Å². The number of rotatable bonds is 10. The van der Waals surface area contributed by atoms with Crippen LogP contribution in [0.25, 0.3) is 0 Å². The van der Waals surface area contributed by atoms with Crippen LogP contribution in [0.3, 0.4) is 0 Å². The first-order valence-corrected chi connectivity index (χ1v) is 14.4. The van der Waals surface area contributed by atoms with Crippen molar-refractivity contribution in [3.63, 3.8) is 0 Å². The third kappa shape index (κ3) is 6.21. The summed E-state index contributed by atoms with van der Waals surface area (Å²) < 4.78 is 16.6. The average Bonchev–Trinajstić information content (AvgIpc) is 3.51. The summed E-state index contributed by atoms with van der Waals surface area (Å²) in [6.45, 7) is 9.28. The van der Waals surface area contributed by atoms with Crippen molar-refractivity contribution in [3.05, 3.63) is 67.0 Å². The van der Waals surface area contributed by atoms with Crippen LogP contribution >= 0.6 is 0 Å². The van der Waals surface area contributed by atoms with E-state index < -0.39 is 0 Å². The summed E-state index contributed by atoms with van der Waals surface area (Å²) in [5, 5.41) is 8.16. The standard InChI is InChI=1S/C31H37N7O5/c1-4-31(39)35-24-15-25(28(41-3)16-27(24)37-11-9-36(10-12-37)22-18-42-19-22)34-29-17-30(33-20-32-29)38-26(8-13-43-38)21-6-5-7-23(14-21)40-2/h4-7,14-17,20,22,26H,1,8-13,18-19H2,2-3H3,(H,35,39)(H,32,33,34). The normalized spacial score (nSPS) is 19.1. The van der Waals surface area contributed by atoms with E-state index in [4.69, 9.17) is 19.0 Å². The molecule has 2 aromatic carbocycles. The van der Waals surface area contributed by atoms with Gasteiger partial charge in [-0.15, -0.1) is 0 Å². The zero-order valence-electron chi connectivity index (χ0n) is 24.5. The molecule has 3 fully saturated rings. The summed E-state index contributed by atoms with van der Waals surface area (Å²) >= 11 is 0. The molecule has 43 heavy (non-hydrogen) atoms. The molecule has 0 saturated carbocycles. The lowest BCUT2D eigenvalue weighted by atomic mass is 10.0. The van der Waals surface area contributed by atoms with Crippen molar-refractivity contribution >= 4 is 34.6 Å². The fourth-order valence-corrected chi connectivity index (χ4v) is 5.66. The molecular weight excluding hydrogens is 550 g/mol. The van der Waals surface area contributed by atoms with Crippen LogP contribution in [0.1, 0.15) is 18.0 Å². The predicted octanol–water partition coefficient (Wildman–Crippen LogP) is 3.77. The maximum Gasteiger partial charge on any atom is 0.247 e. The van der Waals surface area contributed by atoms with Gasteiger partial charge in [0, 0.05) is 44.7 Å². The molecule has 1 amide bonds. The second-order valence-corrected chi connectivity index (χ2v) is 10.6. The van der Waals surface area contributed by atoms with E-state index in [1.165, 1.54) is 12.4 Å². The van der Waals surface area contributed by atoms with E-state index in [-0.39, 0.29) is 11.9 Å². The quantitative estimate of drug-likeness (QED) is 0.338. The zero-order chi connectivity index (χ0) is 29.8. The number of aromatic nitrogens is 2. The molecule has 0 radical (unpaired) electrons. The molecule has 0 bridgehead atoms. The number of benzene rings is 2. The fourth-order valence-electron chi connectivity index (χ4n) is 5.66. The van der Waals surface area contributed by atoms with Crippen LogP contribution in [0.5, 0.6) is 11.5 Å². The van der Waals surface area contributed by atoms with Gasteiger partial charge in [-0.2, -0.15) is 0 Å². The summed E-state index contributed by atoms with van der Waals surface area (Å²) in [7, 11) is 3.29. The van der Waals surface area contributed by atoms with Gasteiger partial charge in [-0.05, 0) is 29.8 Å². The van der Waals surface area contributed by atoms with Crippen molar-refractivity contribution in [1.82, 2.24) is 14.9 Å². The Morgan fingerprint density at radius 1 is 1.05 bits per heavy atom. The van der Waals surface area contributed by atoms with E-state index in [9.17, 15) is 4.79 Å². The first-order valence-electron chi connectivity index (χ1n) is 14.4. The van der Waals surface area contributed by atoms with Gasteiger partial charge in [-0.3, -0.25) is 14.5 Å². The first kappa shape index (κ1) is 28.7. The van der Waals surface area contributed by atoms with Crippen molar-refractivity contribution < 1.29 is 23.8 Å². The monoisotopic (exact) mass is 587 g/mol. The molecule has 0 spiro atoms. The Morgan fingerprint density at radius 3 is 2.60 bits per heavy atom. The summed E-state index contributed by atoms with van der Waals surface area (Å²) in [5.74, 6) is 2.29. The number of hydrogen-bond acceptors (Lipinski definition) is 11. The number of nitrogens with zero attached hydrogens (tertiary/aromatic N) is 5. The second kappa shape index (κ2) is 12.9. The number of carbonyl (C=O) groups excluding carboxylic acids is 1. The Balaban J connectivity index is 1.25. The van der Waals surface area contributed by atoms with E-state index in [0.29, 0.717) is 41.4 Å². The number of nitrogens with one attached hydrogen (secondary N) is 2. The van der Waals surface area contributed by atoms with E-state index in [1.54, 1.807) is 14.2 Å². The molecule has 3 aromatic rings. The SMILES string of the molecule is C=CC(=O)Nc1cc(Nc2cc(N3OCCC3c3cccc(OC)c3)ncn2)c(OC)cc1N1CCN(C2COC2)CC1. The zero-order valence-corrected chi connectivity index (χ0v) is 24.5. The Labute approximate surface area is 251 Å². The molecule has 4 heterocycles. The van der Waals surface area contributed by atoms with Gasteiger partial charge in [0.05, 0.1) is 63.2 Å². The Morgan fingerprint density at radius 2 is 1.88 bits per heavy atom. The van der Waals surface area contributed by atoms with Gasteiger partial charge < -0.3 is 29.7 Å². The summed E-state index contributed by atoms with van der Waals surface area (Å²) in [6.07, 6.45) is 3.57. The Hall–Kier alpha value is -4.39. The highest BCUT2D eigenvalue weighted by atomic mass is 16.7. The number of methoxy groups -OCH3 is 2. The topological polar surface area (TPSA) is 114 Å². The van der Waals surface area contributed by atoms with Crippen LogP contribution in [0.2, 0.25) is 0 Å². The van der Waals surface area contributed by atoms with E-state index >= 15 is 0 Å². The highest BCUT2D eigenvalue weighted by Crippen LogP contribution is 2.40. The van der Waals surface area contributed by atoms with Crippen molar-refractivity contribution in [3.8, 4) is 11.5 Å². The lowest BCUT2D eigenvalue weighted by Crippen LogP contribution is -2.56. The average molecular weight is 588 g/mol. The second-order valence-electron chi connectivity index (χ2n) is 10.6. The van der Waals surface area contributed by atoms with Crippen LogP contribution in [-0.2, 0) is 14.4 Å². The van der Waals surface area contributed by atoms with Crippen molar-refractivity contribution in [2.24, 2.45) is 0 Å². The van der Waals surface area contributed by atoms with Gasteiger partial charge in [-0.1, -0.05) is 18.7 Å². The van der Waals surface area contributed by atoms with Crippen molar-refractivity contribution in [1.29, 1.82) is 0 Å². The molecule has 3 saturated heterocycles. The number of anilines is 5. The maximum absolute atomic E-state index is 12.4. The largest absolute Gasteiger partial charge is 0.497 e. The number of piperazine rings is 1. The predicted molar refractivity (Wildman–Crippen MR) is 164 cm³/mol. The number of amides is 1. The number of hydroxylamine groups is 1. The minimum absolute atomic E-state index is 0.0235. The van der Waals surface area contributed by atoms with Gasteiger partial charge in [0.25, 0.3) is 0 Å². The number of hydrogen-bond donors (Lipinski definition) is 2. The minimum atomic E-state index is -0.290. The molecule has 0 aliphatic carbocycles. The van der Waals surface area contributed by atoms with Gasteiger partial charge in [0.2, 0.25) is 5.91 Å². The van der Waals surface area contributed by atoms with Crippen LogP contribution in [0, 0.1) is 0 Å². The molecule has 6 rings (SSSR count). The molecule has 3 aliphatic heterocycles.